The molecule has 0 saturated heterocycles. The summed E-state index contributed by atoms with van der Waals surface area (Å²) in [5.41, 5.74) is 8.82. The van der Waals surface area contributed by atoms with Crippen LogP contribution in [0.4, 0.5) is 0 Å². The normalized spacial score (nSPS) is 11.8. The van der Waals surface area contributed by atoms with Crippen LogP contribution in [0.5, 0.6) is 0 Å². The quantitative estimate of drug-likeness (QED) is 0.218. The number of hydrogen-bond donors (Lipinski definition) is 0. The molecule has 0 fully saturated rings. The molecule has 0 saturated carbocycles. The minimum Gasteiger partial charge on any atom is -0.436 e. The fourth-order valence-corrected chi connectivity index (χ4v) is 7.34. The Kier molecular flexibility index (Phi) is 5.07. The van der Waals surface area contributed by atoms with Gasteiger partial charge in [-0.25, -0.2) is 9.97 Å². The molecule has 0 bridgehead atoms. The fraction of sp³-hybridized carbons (Fsp3) is 0. The maximum atomic E-state index is 6.18. The fourth-order valence-electron chi connectivity index (χ4n) is 6.10. The summed E-state index contributed by atoms with van der Waals surface area (Å²) in [5, 5.41) is 5.83. The van der Waals surface area contributed by atoms with Gasteiger partial charge in [-0.3, -0.25) is 0 Å². The molecular weight excluding hydrogens is 532 g/mol. The summed E-state index contributed by atoms with van der Waals surface area (Å²) in [7, 11) is 0. The molecule has 0 radical (unpaired) electrons. The second-order valence-electron chi connectivity index (χ2n) is 10.6. The van der Waals surface area contributed by atoms with Gasteiger partial charge in [-0.05, 0) is 51.9 Å². The van der Waals surface area contributed by atoms with Crippen LogP contribution in [0.2, 0.25) is 0 Å². The van der Waals surface area contributed by atoms with Gasteiger partial charge in [0.15, 0.2) is 0 Å². The van der Waals surface area contributed by atoms with Crippen LogP contribution >= 0.6 is 11.3 Å². The molecule has 42 heavy (non-hydrogen) atoms. The summed E-state index contributed by atoms with van der Waals surface area (Å²) >= 11 is 1.86. The molecule has 0 unspecified atom stereocenters. The Morgan fingerprint density at radius 1 is 0.548 bits per heavy atom. The van der Waals surface area contributed by atoms with E-state index >= 15 is 0 Å². The molecule has 196 valence electrons. The Morgan fingerprint density at radius 3 is 2.17 bits per heavy atom. The number of furan rings is 1. The molecule has 0 spiro atoms. The molecular formula is C38H22N2OS. The summed E-state index contributed by atoms with van der Waals surface area (Å²) in [6, 6.07) is 45.1. The SMILES string of the molecule is c1cc(-c2cccc(-c3cccc4c3sc3ccccc34)c2)cc(-c2cnc3oc4c5ccccc5ccc4c3n2)c1. The molecule has 9 aromatic rings. The van der Waals surface area contributed by atoms with Gasteiger partial charge in [0.1, 0.15) is 11.1 Å². The van der Waals surface area contributed by atoms with Crippen molar-refractivity contribution in [3.63, 3.8) is 0 Å². The average molecular weight is 555 g/mol. The minimum atomic E-state index is 0.560. The van der Waals surface area contributed by atoms with Crippen LogP contribution in [0.25, 0.3) is 86.7 Å². The molecule has 0 amide bonds. The van der Waals surface area contributed by atoms with Crippen molar-refractivity contribution in [2.24, 2.45) is 0 Å². The zero-order valence-corrected chi connectivity index (χ0v) is 23.2. The molecule has 0 atom stereocenters. The average Bonchev–Trinajstić information content (AvgIpc) is 3.63. The van der Waals surface area contributed by atoms with Crippen molar-refractivity contribution in [3.8, 4) is 33.5 Å². The van der Waals surface area contributed by atoms with E-state index in [4.69, 9.17) is 9.40 Å². The lowest BCUT2D eigenvalue weighted by molar-refractivity contribution is 0.656. The second kappa shape index (κ2) is 9.10. The topological polar surface area (TPSA) is 38.9 Å². The molecule has 0 aliphatic heterocycles. The molecule has 3 heterocycles. The first-order valence-electron chi connectivity index (χ1n) is 14.0. The van der Waals surface area contributed by atoms with Crippen LogP contribution in [-0.2, 0) is 0 Å². The number of fused-ring (bicyclic) bond motifs is 8. The highest BCUT2D eigenvalue weighted by Crippen LogP contribution is 2.41. The van der Waals surface area contributed by atoms with Crippen molar-refractivity contribution >= 4 is 64.5 Å². The Morgan fingerprint density at radius 2 is 1.26 bits per heavy atom. The molecule has 6 aromatic carbocycles. The minimum absolute atomic E-state index is 0.560. The maximum Gasteiger partial charge on any atom is 0.246 e. The van der Waals surface area contributed by atoms with Crippen LogP contribution in [-0.4, -0.2) is 9.97 Å². The predicted octanol–water partition coefficient (Wildman–Crippen LogP) is 10.9. The zero-order valence-electron chi connectivity index (χ0n) is 22.4. The van der Waals surface area contributed by atoms with Gasteiger partial charge in [-0.2, -0.15) is 0 Å². The summed E-state index contributed by atoms with van der Waals surface area (Å²) in [6.45, 7) is 0. The summed E-state index contributed by atoms with van der Waals surface area (Å²) in [5.74, 6) is 0. The van der Waals surface area contributed by atoms with E-state index in [0.717, 1.165) is 44.1 Å². The van der Waals surface area contributed by atoms with Gasteiger partial charge < -0.3 is 4.42 Å². The van der Waals surface area contributed by atoms with E-state index in [2.05, 4.69) is 120 Å². The number of benzene rings is 6. The zero-order chi connectivity index (χ0) is 27.6. The van der Waals surface area contributed by atoms with Crippen molar-refractivity contribution < 1.29 is 4.42 Å². The van der Waals surface area contributed by atoms with Crippen molar-refractivity contribution in [1.29, 1.82) is 0 Å². The molecule has 4 heteroatoms. The van der Waals surface area contributed by atoms with Crippen molar-refractivity contribution in [2.45, 2.75) is 0 Å². The lowest BCUT2D eigenvalue weighted by Gasteiger charge is -2.09. The maximum absolute atomic E-state index is 6.18. The van der Waals surface area contributed by atoms with Gasteiger partial charge in [0.25, 0.3) is 0 Å². The van der Waals surface area contributed by atoms with Crippen LogP contribution in [0, 0.1) is 0 Å². The summed E-state index contributed by atoms with van der Waals surface area (Å²) < 4.78 is 8.83. The lowest BCUT2D eigenvalue weighted by Crippen LogP contribution is -1.88. The van der Waals surface area contributed by atoms with Gasteiger partial charge in [0, 0.05) is 36.5 Å². The third-order valence-electron chi connectivity index (χ3n) is 8.14. The number of nitrogens with zero attached hydrogens (tertiary/aromatic N) is 2. The van der Waals surface area contributed by atoms with Gasteiger partial charge >= 0.3 is 0 Å². The summed E-state index contributed by atoms with van der Waals surface area (Å²) in [4.78, 5) is 9.72. The van der Waals surface area contributed by atoms with Crippen LogP contribution in [0.15, 0.2) is 138 Å². The molecule has 0 aliphatic rings. The van der Waals surface area contributed by atoms with Crippen LogP contribution < -0.4 is 0 Å². The number of rotatable bonds is 3. The highest BCUT2D eigenvalue weighted by atomic mass is 32.1. The molecule has 0 N–H and O–H groups in total. The van der Waals surface area contributed by atoms with Gasteiger partial charge in [-0.1, -0.05) is 103 Å². The van der Waals surface area contributed by atoms with Crippen molar-refractivity contribution in [1.82, 2.24) is 9.97 Å². The van der Waals surface area contributed by atoms with Gasteiger partial charge in [-0.15, -0.1) is 11.3 Å². The van der Waals surface area contributed by atoms with E-state index in [1.165, 1.54) is 36.9 Å². The smallest absolute Gasteiger partial charge is 0.246 e. The van der Waals surface area contributed by atoms with Gasteiger partial charge in [0.2, 0.25) is 5.71 Å². The first kappa shape index (κ1) is 23.4. The van der Waals surface area contributed by atoms with Gasteiger partial charge in [0.05, 0.1) is 11.9 Å². The van der Waals surface area contributed by atoms with E-state index in [9.17, 15) is 0 Å². The highest BCUT2D eigenvalue weighted by Gasteiger charge is 2.15. The Hall–Kier alpha value is -5.32. The third kappa shape index (κ3) is 3.59. The summed E-state index contributed by atoms with van der Waals surface area (Å²) in [6.07, 6.45) is 1.81. The Balaban J connectivity index is 1.14. The Bertz CT molecular complexity index is 2490. The number of hydrogen-bond acceptors (Lipinski definition) is 4. The van der Waals surface area contributed by atoms with Crippen LogP contribution in [0.3, 0.4) is 0 Å². The van der Waals surface area contributed by atoms with E-state index in [1.54, 1.807) is 0 Å². The highest BCUT2D eigenvalue weighted by molar-refractivity contribution is 7.26. The standard InChI is InChI=1S/C38H22N2OS/c1-2-13-28-23(8-1)18-19-32-35-38(41-36(28)32)39-22-33(40-35)27-12-6-10-25(21-27)24-9-5-11-26(20-24)29-15-7-16-31-30-14-3-4-17-34(30)42-37(29)31/h1-22H. The second-order valence-corrected chi connectivity index (χ2v) is 11.7. The third-order valence-corrected chi connectivity index (χ3v) is 9.36. The molecule has 9 rings (SSSR count). The first-order chi connectivity index (χ1) is 20.8. The lowest BCUT2D eigenvalue weighted by atomic mass is 9.96. The first-order valence-corrected chi connectivity index (χ1v) is 14.8. The monoisotopic (exact) mass is 554 g/mol. The van der Waals surface area contributed by atoms with E-state index in [1.807, 2.05) is 29.7 Å². The van der Waals surface area contributed by atoms with Crippen molar-refractivity contribution in [3.05, 3.63) is 134 Å². The molecule has 3 nitrogen and oxygen atoms in total. The Labute approximate surface area is 245 Å². The van der Waals surface area contributed by atoms with E-state index in [-0.39, 0.29) is 0 Å². The number of aromatic nitrogens is 2. The van der Waals surface area contributed by atoms with Crippen molar-refractivity contribution in [2.75, 3.05) is 0 Å². The van der Waals surface area contributed by atoms with Crippen LogP contribution in [0.1, 0.15) is 0 Å². The molecule has 0 aliphatic carbocycles. The molecule has 3 aromatic heterocycles. The van der Waals surface area contributed by atoms with E-state index in [0.29, 0.717) is 5.71 Å². The largest absolute Gasteiger partial charge is 0.436 e. The predicted molar refractivity (Wildman–Crippen MR) is 176 cm³/mol. The number of thiophene rings is 1. The van der Waals surface area contributed by atoms with E-state index < -0.39 is 0 Å².